The SMILES string of the molecule is CC(C)(C)NN.COc1cccc(C(=O)c2c(C)cccc2C(=O)Cl)c1.Cl.Cl. The van der Waals surface area contributed by atoms with Gasteiger partial charge in [0.25, 0.3) is 5.24 Å². The molecule has 156 valence electrons. The van der Waals surface area contributed by atoms with Gasteiger partial charge in [-0.2, -0.15) is 0 Å². The lowest BCUT2D eigenvalue weighted by Gasteiger charge is -2.14. The third-order valence-corrected chi connectivity index (χ3v) is 3.68. The molecule has 0 atom stereocenters. The molecule has 0 spiro atoms. The zero-order valence-corrected chi connectivity index (χ0v) is 18.9. The maximum absolute atomic E-state index is 12.6. The van der Waals surface area contributed by atoms with Gasteiger partial charge in [0.1, 0.15) is 5.75 Å². The van der Waals surface area contributed by atoms with E-state index in [4.69, 9.17) is 22.2 Å². The molecule has 0 unspecified atom stereocenters. The molecule has 0 aliphatic rings. The van der Waals surface area contributed by atoms with Crippen LogP contribution in [-0.2, 0) is 0 Å². The zero-order chi connectivity index (χ0) is 19.9. The van der Waals surface area contributed by atoms with Crippen LogP contribution in [0, 0.1) is 6.92 Å². The third kappa shape index (κ3) is 8.59. The van der Waals surface area contributed by atoms with E-state index in [1.807, 2.05) is 20.8 Å². The highest BCUT2D eigenvalue weighted by Crippen LogP contribution is 2.22. The molecule has 2 aromatic carbocycles. The van der Waals surface area contributed by atoms with Gasteiger partial charge < -0.3 is 4.74 Å². The van der Waals surface area contributed by atoms with Gasteiger partial charge in [-0.1, -0.05) is 24.3 Å². The predicted octanol–water partition coefficient (Wildman–Crippen LogP) is 4.71. The molecule has 0 saturated carbocycles. The number of benzene rings is 2. The number of aryl methyl sites for hydroxylation is 1. The highest BCUT2D eigenvalue weighted by Gasteiger charge is 2.19. The zero-order valence-electron chi connectivity index (χ0n) is 16.5. The highest BCUT2D eigenvalue weighted by atomic mass is 35.5. The van der Waals surface area contributed by atoms with Crippen molar-refractivity contribution in [2.75, 3.05) is 7.11 Å². The molecule has 3 N–H and O–H groups in total. The quantitative estimate of drug-likeness (QED) is 0.306. The lowest BCUT2D eigenvalue weighted by Crippen LogP contribution is -2.41. The minimum Gasteiger partial charge on any atom is -0.497 e. The van der Waals surface area contributed by atoms with Gasteiger partial charge in [-0.15, -0.1) is 24.8 Å². The maximum atomic E-state index is 12.6. The van der Waals surface area contributed by atoms with Crippen LogP contribution in [0.25, 0.3) is 0 Å². The molecule has 0 saturated heterocycles. The van der Waals surface area contributed by atoms with Crippen molar-refractivity contribution >= 4 is 47.4 Å². The first-order chi connectivity index (χ1) is 12.1. The fraction of sp³-hybridized carbons (Fsp3) is 0.300. The fourth-order valence-corrected chi connectivity index (χ4v) is 2.20. The van der Waals surface area contributed by atoms with E-state index in [1.54, 1.807) is 49.4 Å². The molecule has 0 aliphatic heterocycles. The maximum Gasteiger partial charge on any atom is 0.253 e. The van der Waals surface area contributed by atoms with Crippen LogP contribution < -0.4 is 16.0 Å². The lowest BCUT2D eigenvalue weighted by molar-refractivity contribution is 0.102. The number of carbonyl (C=O) groups excluding carboxylic acids is 2. The number of nitrogens with two attached hydrogens (primary N) is 1. The minimum atomic E-state index is -0.639. The Morgan fingerprint density at radius 3 is 2.07 bits per heavy atom. The summed E-state index contributed by atoms with van der Waals surface area (Å²) in [5.74, 6) is 5.40. The summed E-state index contributed by atoms with van der Waals surface area (Å²) in [4.78, 5) is 24.1. The summed E-state index contributed by atoms with van der Waals surface area (Å²) in [6, 6.07) is 11.8. The Labute approximate surface area is 183 Å². The monoisotopic (exact) mass is 448 g/mol. The molecular weight excluding hydrogens is 423 g/mol. The standard InChI is InChI=1S/C16H13ClO3.C4H12N2.2ClH/c1-10-5-3-8-13(16(17)19)14(10)15(18)11-6-4-7-12(9-11)20-2;1-4(2,3)6-5;;/h3-9H,1-2H3;6H,5H2,1-3H3;2*1H. The Hall–Kier alpha value is -1.63. The van der Waals surface area contributed by atoms with Crippen molar-refractivity contribution in [3.05, 3.63) is 64.7 Å². The van der Waals surface area contributed by atoms with Crippen molar-refractivity contribution in [3.63, 3.8) is 0 Å². The van der Waals surface area contributed by atoms with Gasteiger partial charge in [0.05, 0.1) is 7.11 Å². The largest absolute Gasteiger partial charge is 0.497 e. The molecule has 28 heavy (non-hydrogen) atoms. The van der Waals surface area contributed by atoms with Crippen LogP contribution in [0.4, 0.5) is 0 Å². The molecular formula is C20H27Cl3N2O3. The van der Waals surface area contributed by atoms with E-state index in [-0.39, 0.29) is 41.7 Å². The predicted molar refractivity (Wildman–Crippen MR) is 119 cm³/mol. The highest BCUT2D eigenvalue weighted by molar-refractivity contribution is 6.68. The average Bonchev–Trinajstić information content (AvgIpc) is 2.60. The number of carbonyl (C=O) groups is 2. The van der Waals surface area contributed by atoms with Crippen molar-refractivity contribution in [1.82, 2.24) is 5.43 Å². The summed E-state index contributed by atoms with van der Waals surface area (Å²) in [5.41, 5.74) is 4.40. The van der Waals surface area contributed by atoms with E-state index in [9.17, 15) is 9.59 Å². The van der Waals surface area contributed by atoms with Gasteiger partial charge in [0.15, 0.2) is 5.78 Å². The van der Waals surface area contributed by atoms with Crippen molar-refractivity contribution in [2.45, 2.75) is 33.2 Å². The van der Waals surface area contributed by atoms with Crippen LogP contribution in [0.2, 0.25) is 0 Å². The number of hydrogen-bond donors (Lipinski definition) is 2. The summed E-state index contributed by atoms with van der Waals surface area (Å²) in [5, 5.41) is -0.639. The Kier molecular flexibility index (Phi) is 13.0. The molecule has 5 nitrogen and oxygen atoms in total. The van der Waals surface area contributed by atoms with Crippen LogP contribution in [-0.4, -0.2) is 23.7 Å². The second-order valence-corrected chi connectivity index (χ2v) is 7.07. The van der Waals surface area contributed by atoms with Crippen LogP contribution >= 0.6 is 36.4 Å². The minimum absolute atomic E-state index is 0. The van der Waals surface area contributed by atoms with Crippen LogP contribution in [0.5, 0.6) is 5.75 Å². The Bertz CT molecular complexity index is 791. The normalized spacial score (nSPS) is 9.82. The Morgan fingerprint density at radius 1 is 1.07 bits per heavy atom. The Balaban J connectivity index is 0. The molecule has 0 heterocycles. The van der Waals surface area contributed by atoms with E-state index in [0.717, 1.165) is 0 Å². The summed E-state index contributed by atoms with van der Waals surface area (Å²) < 4.78 is 5.10. The van der Waals surface area contributed by atoms with Crippen LogP contribution in [0.15, 0.2) is 42.5 Å². The number of halogens is 3. The van der Waals surface area contributed by atoms with Gasteiger partial charge in [0.2, 0.25) is 0 Å². The number of rotatable bonds is 4. The van der Waals surface area contributed by atoms with Crippen LogP contribution in [0.3, 0.4) is 0 Å². The first kappa shape index (κ1) is 28.6. The van der Waals surface area contributed by atoms with Gasteiger partial charge >= 0.3 is 0 Å². The Morgan fingerprint density at radius 2 is 1.61 bits per heavy atom. The van der Waals surface area contributed by atoms with E-state index < -0.39 is 5.24 Å². The van der Waals surface area contributed by atoms with Gasteiger partial charge in [0, 0.05) is 22.2 Å². The summed E-state index contributed by atoms with van der Waals surface area (Å²) in [6.07, 6.45) is 0. The van der Waals surface area contributed by atoms with E-state index in [0.29, 0.717) is 22.4 Å². The molecule has 0 amide bonds. The van der Waals surface area contributed by atoms with Crippen molar-refractivity contribution < 1.29 is 14.3 Å². The number of hydrogen-bond acceptors (Lipinski definition) is 5. The lowest BCUT2D eigenvalue weighted by atomic mass is 9.94. The first-order valence-electron chi connectivity index (χ1n) is 8.06. The number of ether oxygens (including phenoxy) is 1. The van der Waals surface area contributed by atoms with E-state index >= 15 is 0 Å². The second kappa shape index (κ2) is 12.8. The van der Waals surface area contributed by atoms with Crippen molar-refractivity contribution in [2.24, 2.45) is 5.84 Å². The molecule has 0 aromatic heterocycles. The van der Waals surface area contributed by atoms with Gasteiger partial charge in [-0.05, 0) is 63.1 Å². The molecule has 8 heteroatoms. The molecule has 0 radical (unpaired) electrons. The summed E-state index contributed by atoms with van der Waals surface area (Å²) >= 11 is 5.55. The average molecular weight is 450 g/mol. The van der Waals surface area contributed by atoms with Gasteiger partial charge in [-0.25, -0.2) is 0 Å². The first-order valence-corrected chi connectivity index (χ1v) is 8.44. The van der Waals surface area contributed by atoms with Crippen molar-refractivity contribution in [3.8, 4) is 5.75 Å². The molecule has 2 aromatic rings. The second-order valence-electron chi connectivity index (χ2n) is 6.73. The molecule has 0 bridgehead atoms. The van der Waals surface area contributed by atoms with Crippen molar-refractivity contribution in [1.29, 1.82) is 0 Å². The third-order valence-electron chi connectivity index (χ3n) is 3.48. The topological polar surface area (TPSA) is 81.4 Å². The molecule has 0 aliphatic carbocycles. The smallest absolute Gasteiger partial charge is 0.253 e. The van der Waals surface area contributed by atoms with Gasteiger partial charge in [-0.3, -0.25) is 20.9 Å². The summed E-state index contributed by atoms with van der Waals surface area (Å²) in [7, 11) is 1.53. The summed E-state index contributed by atoms with van der Waals surface area (Å²) in [6.45, 7) is 7.80. The number of nitrogens with one attached hydrogen (secondary N) is 1. The molecule has 0 fully saturated rings. The number of hydrazine groups is 1. The van der Waals surface area contributed by atoms with Crippen LogP contribution in [0.1, 0.15) is 52.6 Å². The van der Waals surface area contributed by atoms with E-state index in [1.165, 1.54) is 7.11 Å². The number of methoxy groups -OCH3 is 1. The molecule has 2 rings (SSSR count). The number of ketones is 1. The van der Waals surface area contributed by atoms with E-state index in [2.05, 4.69) is 5.43 Å². The fourth-order valence-electron chi connectivity index (χ4n) is 2.04.